The van der Waals surface area contributed by atoms with Crippen LogP contribution in [0.2, 0.25) is 0 Å². The van der Waals surface area contributed by atoms with Gasteiger partial charge in [-0.15, -0.1) is 5.10 Å². The normalized spacial score (nSPS) is 16.0. The molecule has 1 fully saturated rings. The molecule has 1 aliphatic rings. The summed E-state index contributed by atoms with van der Waals surface area (Å²) in [7, 11) is 0. The quantitative estimate of drug-likeness (QED) is 0.395. The largest absolute Gasteiger partial charge is 0.457 e. The number of carbonyl (C=O) groups is 1. The minimum Gasteiger partial charge on any atom is -0.457 e. The average molecular weight is 393 g/mol. The molecule has 1 unspecified atom stereocenters. The van der Waals surface area contributed by atoms with Gasteiger partial charge in [0, 0.05) is 31.3 Å². The van der Waals surface area contributed by atoms with Crippen molar-refractivity contribution in [3.8, 4) is 6.07 Å². The highest BCUT2D eigenvalue weighted by molar-refractivity contribution is 5.89. The van der Waals surface area contributed by atoms with Gasteiger partial charge in [0.25, 0.3) is 5.69 Å². The summed E-state index contributed by atoms with van der Waals surface area (Å²) in [6.07, 6.45) is 1.93. The number of fused-ring (bicyclic) bond motifs is 1. The van der Waals surface area contributed by atoms with E-state index in [1.807, 2.05) is 11.0 Å². The van der Waals surface area contributed by atoms with E-state index in [0.717, 1.165) is 0 Å². The Labute approximate surface area is 164 Å². The van der Waals surface area contributed by atoms with Crippen molar-refractivity contribution < 1.29 is 14.5 Å². The minimum atomic E-state index is -0.537. The highest BCUT2D eigenvalue weighted by Gasteiger charge is 2.27. The van der Waals surface area contributed by atoms with Crippen molar-refractivity contribution in [2.45, 2.75) is 12.5 Å². The van der Waals surface area contributed by atoms with Crippen molar-refractivity contribution in [2.75, 3.05) is 23.7 Å². The van der Waals surface area contributed by atoms with E-state index in [-0.39, 0.29) is 28.7 Å². The lowest BCUT2D eigenvalue weighted by molar-refractivity contribution is -0.384. The lowest BCUT2D eigenvalue weighted by atomic mass is 10.2. The highest BCUT2D eigenvalue weighted by Crippen LogP contribution is 2.24. The first-order chi connectivity index (χ1) is 14.0. The summed E-state index contributed by atoms with van der Waals surface area (Å²) in [4.78, 5) is 28.9. The molecule has 11 nitrogen and oxygen atoms in total. The molecule has 2 aromatic heterocycles. The Morgan fingerprint density at radius 1 is 1.34 bits per heavy atom. The van der Waals surface area contributed by atoms with Crippen molar-refractivity contribution >= 4 is 28.9 Å². The van der Waals surface area contributed by atoms with Crippen molar-refractivity contribution in [3.05, 3.63) is 57.8 Å². The predicted octanol–water partition coefficient (Wildman–Crippen LogP) is 1.53. The lowest BCUT2D eigenvalue weighted by Crippen LogP contribution is -2.25. The maximum absolute atomic E-state index is 12.3. The Balaban J connectivity index is 1.45. The number of nitrogens with zero attached hydrogens (tertiary/aromatic N) is 6. The molecule has 4 rings (SSSR count). The van der Waals surface area contributed by atoms with E-state index < -0.39 is 10.9 Å². The van der Waals surface area contributed by atoms with E-state index in [1.165, 1.54) is 28.8 Å². The molecule has 146 valence electrons. The van der Waals surface area contributed by atoms with Gasteiger partial charge in [-0.25, -0.2) is 14.3 Å². The predicted molar refractivity (Wildman–Crippen MR) is 101 cm³/mol. The molecule has 1 aliphatic heterocycles. The molecule has 0 radical (unpaired) electrons. The Kier molecular flexibility index (Phi) is 4.44. The Bertz CT molecular complexity index is 1150. The molecule has 1 aromatic carbocycles. The fourth-order valence-corrected chi connectivity index (χ4v) is 3.19. The van der Waals surface area contributed by atoms with E-state index >= 15 is 0 Å². The topological polar surface area (TPSA) is 153 Å². The molecule has 1 atom stereocenters. The van der Waals surface area contributed by atoms with Gasteiger partial charge in [0.2, 0.25) is 0 Å². The van der Waals surface area contributed by atoms with Gasteiger partial charge in [-0.2, -0.15) is 5.26 Å². The third-order valence-corrected chi connectivity index (χ3v) is 4.67. The zero-order valence-electron chi connectivity index (χ0n) is 15.1. The van der Waals surface area contributed by atoms with Gasteiger partial charge >= 0.3 is 5.97 Å². The van der Waals surface area contributed by atoms with Crippen molar-refractivity contribution in [3.63, 3.8) is 0 Å². The fraction of sp³-hybridized carbons (Fsp3) is 0.222. The van der Waals surface area contributed by atoms with Crippen LogP contribution in [0.25, 0.3) is 5.65 Å². The van der Waals surface area contributed by atoms with Gasteiger partial charge < -0.3 is 15.4 Å². The van der Waals surface area contributed by atoms with Gasteiger partial charge in [0.1, 0.15) is 23.6 Å². The van der Waals surface area contributed by atoms with Crippen LogP contribution >= 0.6 is 0 Å². The Morgan fingerprint density at radius 2 is 2.10 bits per heavy atom. The van der Waals surface area contributed by atoms with Crippen LogP contribution < -0.4 is 10.6 Å². The number of aromatic nitrogens is 3. The molecule has 0 saturated carbocycles. The second-order valence-corrected chi connectivity index (χ2v) is 6.49. The van der Waals surface area contributed by atoms with E-state index in [4.69, 9.17) is 10.5 Å². The van der Waals surface area contributed by atoms with Crippen molar-refractivity contribution in [1.82, 2.24) is 14.6 Å². The first-order valence-corrected chi connectivity index (χ1v) is 8.71. The zero-order valence-corrected chi connectivity index (χ0v) is 15.1. The number of anilines is 2. The Hall–Kier alpha value is -4.20. The molecule has 3 aromatic rings. The van der Waals surface area contributed by atoms with Gasteiger partial charge in [0.05, 0.1) is 17.0 Å². The van der Waals surface area contributed by atoms with Crippen molar-refractivity contribution in [2.24, 2.45) is 0 Å². The molecule has 1 saturated heterocycles. The first-order valence-electron chi connectivity index (χ1n) is 8.71. The smallest absolute Gasteiger partial charge is 0.338 e. The number of hydrogen-bond acceptors (Lipinski definition) is 9. The lowest BCUT2D eigenvalue weighted by Gasteiger charge is -2.17. The number of carbonyl (C=O) groups excluding carboxylic acids is 1. The third kappa shape index (κ3) is 3.39. The monoisotopic (exact) mass is 393 g/mol. The molecular weight excluding hydrogens is 378 g/mol. The number of nitrogen functional groups attached to an aromatic ring is 1. The number of ether oxygens (including phenoxy) is 1. The number of non-ortho nitro benzene ring substituents is 1. The number of esters is 1. The van der Waals surface area contributed by atoms with Crippen LogP contribution in [0, 0.1) is 21.4 Å². The van der Waals surface area contributed by atoms with Crippen LogP contribution in [0.1, 0.15) is 22.3 Å². The van der Waals surface area contributed by atoms with Gasteiger partial charge in [-0.3, -0.25) is 10.1 Å². The second-order valence-electron chi connectivity index (χ2n) is 6.49. The standard InChI is InChI=1S/C18H15N7O4/c19-9-14-16(20)22-24-8-6-15(21-17(14)24)23-7-5-13(10-23)29-18(26)11-1-3-12(4-2-11)25(27)28/h1-4,6,8,13H,5,7,10H2,(H2,20,22). The third-order valence-electron chi connectivity index (χ3n) is 4.67. The summed E-state index contributed by atoms with van der Waals surface area (Å²) >= 11 is 0. The van der Waals surface area contributed by atoms with Crippen LogP contribution in [0.5, 0.6) is 0 Å². The van der Waals surface area contributed by atoms with E-state index in [2.05, 4.69) is 10.1 Å². The van der Waals surface area contributed by atoms with Crippen molar-refractivity contribution in [1.29, 1.82) is 5.26 Å². The summed E-state index contributed by atoms with van der Waals surface area (Å²) in [6.45, 7) is 1.06. The average Bonchev–Trinajstić information content (AvgIpc) is 3.30. The molecule has 29 heavy (non-hydrogen) atoms. The van der Waals surface area contributed by atoms with Crippen LogP contribution in [-0.4, -0.2) is 44.7 Å². The van der Waals surface area contributed by atoms with Gasteiger partial charge in [-0.1, -0.05) is 0 Å². The SMILES string of the molecule is N#Cc1c(N)nn2ccc(N3CCC(OC(=O)c4ccc([N+](=O)[O-])cc4)C3)nc12. The molecule has 3 heterocycles. The summed E-state index contributed by atoms with van der Waals surface area (Å²) < 4.78 is 6.96. The molecule has 0 aliphatic carbocycles. The number of nitriles is 1. The van der Waals surface area contributed by atoms with Crippen LogP contribution in [0.4, 0.5) is 17.3 Å². The Morgan fingerprint density at radius 3 is 2.79 bits per heavy atom. The number of nitro benzene ring substituents is 1. The minimum absolute atomic E-state index is 0.0905. The number of benzene rings is 1. The van der Waals surface area contributed by atoms with E-state index in [1.54, 1.807) is 12.3 Å². The first kappa shape index (κ1) is 18.2. The van der Waals surface area contributed by atoms with Gasteiger partial charge in [0.15, 0.2) is 11.5 Å². The molecule has 11 heteroatoms. The second kappa shape index (κ2) is 7.08. The molecular formula is C18H15N7O4. The number of nitro groups is 1. The summed E-state index contributed by atoms with van der Waals surface area (Å²) in [5.74, 6) is 0.210. The number of hydrogen-bond donors (Lipinski definition) is 1. The molecule has 0 amide bonds. The summed E-state index contributed by atoms with van der Waals surface area (Å²) in [5.41, 5.74) is 6.47. The summed E-state index contributed by atoms with van der Waals surface area (Å²) in [5, 5.41) is 24.0. The maximum atomic E-state index is 12.3. The number of nitrogens with two attached hydrogens (primary N) is 1. The molecule has 2 N–H and O–H groups in total. The summed E-state index contributed by atoms with van der Waals surface area (Å²) in [6, 6.07) is 9.02. The van der Waals surface area contributed by atoms with Crippen LogP contribution in [0.3, 0.4) is 0 Å². The fourth-order valence-electron chi connectivity index (χ4n) is 3.19. The zero-order chi connectivity index (χ0) is 20.5. The highest BCUT2D eigenvalue weighted by atomic mass is 16.6. The number of rotatable bonds is 4. The van der Waals surface area contributed by atoms with E-state index in [9.17, 15) is 20.2 Å². The van der Waals surface area contributed by atoms with Crippen LogP contribution in [-0.2, 0) is 4.74 Å². The van der Waals surface area contributed by atoms with Crippen LogP contribution in [0.15, 0.2) is 36.5 Å². The molecule has 0 bridgehead atoms. The molecule has 0 spiro atoms. The van der Waals surface area contributed by atoms with E-state index in [0.29, 0.717) is 31.0 Å². The maximum Gasteiger partial charge on any atom is 0.338 e. The van der Waals surface area contributed by atoms with Gasteiger partial charge in [-0.05, 0) is 18.2 Å².